The molecule has 3 nitrogen and oxygen atoms in total. The van der Waals surface area contributed by atoms with Gasteiger partial charge in [0.05, 0.1) is 18.3 Å². The van der Waals surface area contributed by atoms with Gasteiger partial charge < -0.3 is 14.6 Å². The first kappa shape index (κ1) is 13.4. The van der Waals surface area contributed by atoms with Crippen LogP contribution in [0.2, 0.25) is 0 Å². The molecule has 0 spiro atoms. The van der Waals surface area contributed by atoms with Crippen LogP contribution in [0.5, 0.6) is 5.75 Å². The first-order chi connectivity index (χ1) is 8.52. The molecule has 0 bridgehead atoms. The molecule has 0 radical (unpaired) electrons. The first-order valence-corrected chi connectivity index (χ1v) is 6.52. The molecule has 18 heavy (non-hydrogen) atoms. The van der Waals surface area contributed by atoms with Gasteiger partial charge in [-0.25, -0.2) is 0 Å². The number of benzene rings is 1. The molecule has 1 aliphatic heterocycles. The highest BCUT2D eigenvalue weighted by atomic mass is 16.6. The topological polar surface area (TPSA) is 38.7 Å². The Morgan fingerprint density at radius 1 is 1.44 bits per heavy atom. The second kappa shape index (κ2) is 5.29. The Bertz CT molecular complexity index is 412. The van der Waals surface area contributed by atoms with Gasteiger partial charge in [-0.15, -0.1) is 0 Å². The lowest BCUT2D eigenvalue weighted by Gasteiger charge is -2.20. The van der Waals surface area contributed by atoms with Crippen LogP contribution in [0.1, 0.15) is 37.8 Å². The minimum atomic E-state index is -0.0282. The Balaban J connectivity index is 1.98. The number of aliphatic hydroxyl groups is 1. The zero-order chi connectivity index (χ0) is 13.2. The Kier molecular flexibility index (Phi) is 3.93. The molecule has 1 N–H and O–H groups in total. The summed E-state index contributed by atoms with van der Waals surface area (Å²) in [5.41, 5.74) is 1.87. The van der Waals surface area contributed by atoms with E-state index in [0.717, 1.165) is 29.7 Å². The van der Waals surface area contributed by atoms with Crippen LogP contribution in [0.3, 0.4) is 0 Å². The van der Waals surface area contributed by atoms with Crippen molar-refractivity contribution in [2.75, 3.05) is 6.61 Å². The molecule has 1 atom stereocenters. The van der Waals surface area contributed by atoms with Crippen molar-refractivity contribution in [2.24, 2.45) is 0 Å². The van der Waals surface area contributed by atoms with Crippen molar-refractivity contribution < 1.29 is 14.6 Å². The molecule has 0 amide bonds. The van der Waals surface area contributed by atoms with Gasteiger partial charge in [0.2, 0.25) is 0 Å². The predicted octanol–water partition coefficient (Wildman–Crippen LogP) is 2.82. The Morgan fingerprint density at radius 3 is 2.83 bits per heavy atom. The van der Waals surface area contributed by atoms with Gasteiger partial charge >= 0.3 is 0 Å². The van der Waals surface area contributed by atoms with Crippen LogP contribution in [0, 0.1) is 6.92 Å². The van der Waals surface area contributed by atoms with Crippen LogP contribution in [0.4, 0.5) is 0 Å². The Morgan fingerprint density at radius 2 is 2.22 bits per heavy atom. The number of ether oxygens (including phenoxy) is 2. The van der Waals surface area contributed by atoms with Gasteiger partial charge in [-0.05, 0) is 39.2 Å². The van der Waals surface area contributed by atoms with Gasteiger partial charge in [-0.2, -0.15) is 0 Å². The van der Waals surface area contributed by atoms with Gasteiger partial charge in [0.25, 0.3) is 0 Å². The number of para-hydroxylation sites is 1. The molecule has 1 aromatic rings. The number of aliphatic hydroxyl groups excluding tert-OH is 1. The summed E-state index contributed by atoms with van der Waals surface area (Å²) >= 11 is 0. The largest absolute Gasteiger partial charge is 0.490 e. The van der Waals surface area contributed by atoms with Crippen molar-refractivity contribution >= 4 is 0 Å². The van der Waals surface area contributed by atoms with Crippen LogP contribution in [0.15, 0.2) is 18.2 Å². The van der Waals surface area contributed by atoms with Crippen LogP contribution < -0.4 is 4.74 Å². The second-order valence-electron chi connectivity index (χ2n) is 5.57. The normalized spacial score (nSPS) is 22.1. The van der Waals surface area contributed by atoms with Gasteiger partial charge in [0, 0.05) is 5.56 Å². The molecular weight excluding hydrogens is 228 g/mol. The molecular formula is C15H22O3. The highest BCUT2D eigenvalue weighted by molar-refractivity contribution is 5.40. The van der Waals surface area contributed by atoms with E-state index in [1.54, 1.807) is 0 Å². The third-order valence-electron chi connectivity index (χ3n) is 3.43. The lowest BCUT2D eigenvalue weighted by Crippen LogP contribution is -2.24. The van der Waals surface area contributed by atoms with E-state index in [-0.39, 0.29) is 18.3 Å². The molecule has 100 valence electrons. The van der Waals surface area contributed by atoms with Crippen molar-refractivity contribution in [1.29, 1.82) is 0 Å². The van der Waals surface area contributed by atoms with Gasteiger partial charge in [-0.1, -0.05) is 18.2 Å². The molecule has 1 aliphatic rings. The van der Waals surface area contributed by atoms with E-state index >= 15 is 0 Å². The lowest BCUT2D eigenvalue weighted by atomic mass is 10.1. The predicted molar refractivity (Wildman–Crippen MR) is 70.8 cm³/mol. The first-order valence-electron chi connectivity index (χ1n) is 6.52. The zero-order valence-corrected chi connectivity index (χ0v) is 11.4. The third kappa shape index (κ3) is 3.03. The van der Waals surface area contributed by atoms with Crippen LogP contribution in [-0.4, -0.2) is 23.4 Å². The van der Waals surface area contributed by atoms with Crippen LogP contribution >= 0.6 is 0 Å². The standard InChI is InChI=1S/C15H22O3/c1-11-5-4-6-12(9-16)14(11)17-10-13-7-8-15(2,3)18-13/h4-6,13,16H,7-10H2,1-3H3. The van der Waals surface area contributed by atoms with E-state index in [1.165, 1.54) is 0 Å². The number of rotatable bonds is 4. The molecule has 0 aromatic heterocycles. The molecule has 1 fully saturated rings. The number of aryl methyl sites for hydroxylation is 1. The molecule has 1 unspecified atom stereocenters. The summed E-state index contributed by atoms with van der Waals surface area (Å²) in [5.74, 6) is 0.799. The van der Waals surface area contributed by atoms with Gasteiger partial charge in [0.1, 0.15) is 12.4 Å². The van der Waals surface area contributed by atoms with Crippen molar-refractivity contribution in [2.45, 2.75) is 51.9 Å². The number of hydrogen-bond acceptors (Lipinski definition) is 3. The minimum Gasteiger partial charge on any atom is -0.490 e. The monoisotopic (exact) mass is 250 g/mol. The van der Waals surface area contributed by atoms with E-state index in [4.69, 9.17) is 9.47 Å². The van der Waals surface area contributed by atoms with Gasteiger partial charge in [-0.3, -0.25) is 0 Å². The van der Waals surface area contributed by atoms with Crippen molar-refractivity contribution in [3.05, 3.63) is 29.3 Å². The van der Waals surface area contributed by atoms with E-state index in [0.29, 0.717) is 6.61 Å². The molecule has 1 heterocycles. The maximum atomic E-state index is 9.31. The van der Waals surface area contributed by atoms with Crippen molar-refractivity contribution in [1.82, 2.24) is 0 Å². The smallest absolute Gasteiger partial charge is 0.127 e. The average Bonchev–Trinajstić information content (AvgIpc) is 2.67. The summed E-state index contributed by atoms with van der Waals surface area (Å²) in [6.07, 6.45) is 2.26. The zero-order valence-electron chi connectivity index (χ0n) is 11.4. The molecule has 1 saturated heterocycles. The molecule has 1 aromatic carbocycles. The maximum Gasteiger partial charge on any atom is 0.127 e. The fourth-order valence-electron chi connectivity index (χ4n) is 2.42. The average molecular weight is 250 g/mol. The molecule has 2 rings (SSSR count). The Labute approximate surface area is 109 Å². The second-order valence-corrected chi connectivity index (χ2v) is 5.57. The van der Waals surface area contributed by atoms with E-state index in [9.17, 15) is 5.11 Å². The van der Waals surface area contributed by atoms with E-state index < -0.39 is 0 Å². The highest BCUT2D eigenvalue weighted by Crippen LogP contribution is 2.30. The highest BCUT2D eigenvalue weighted by Gasteiger charge is 2.32. The quantitative estimate of drug-likeness (QED) is 0.893. The van der Waals surface area contributed by atoms with Gasteiger partial charge in [0.15, 0.2) is 0 Å². The molecule has 0 aliphatic carbocycles. The minimum absolute atomic E-state index is 0.00797. The van der Waals surface area contributed by atoms with E-state index in [2.05, 4.69) is 13.8 Å². The fourth-order valence-corrected chi connectivity index (χ4v) is 2.42. The van der Waals surface area contributed by atoms with Crippen molar-refractivity contribution in [3.8, 4) is 5.75 Å². The summed E-state index contributed by atoms with van der Waals surface area (Å²) in [7, 11) is 0. The van der Waals surface area contributed by atoms with E-state index in [1.807, 2.05) is 25.1 Å². The summed E-state index contributed by atoms with van der Waals surface area (Å²) < 4.78 is 11.7. The maximum absolute atomic E-state index is 9.31. The van der Waals surface area contributed by atoms with Crippen LogP contribution in [0.25, 0.3) is 0 Å². The van der Waals surface area contributed by atoms with Crippen LogP contribution in [-0.2, 0) is 11.3 Å². The fraction of sp³-hybridized carbons (Fsp3) is 0.600. The summed E-state index contributed by atoms with van der Waals surface area (Å²) in [6.45, 7) is 6.78. The summed E-state index contributed by atoms with van der Waals surface area (Å²) in [4.78, 5) is 0. The lowest BCUT2D eigenvalue weighted by molar-refractivity contribution is -0.0329. The third-order valence-corrected chi connectivity index (χ3v) is 3.43. The molecule has 0 saturated carbocycles. The number of hydrogen-bond donors (Lipinski definition) is 1. The summed E-state index contributed by atoms with van der Waals surface area (Å²) in [6, 6.07) is 5.82. The Hall–Kier alpha value is -1.06. The summed E-state index contributed by atoms with van der Waals surface area (Å²) in [5, 5.41) is 9.31. The SMILES string of the molecule is Cc1cccc(CO)c1OCC1CCC(C)(C)O1. The molecule has 3 heteroatoms. The van der Waals surface area contributed by atoms with Crippen molar-refractivity contribution in [3.63, 3.8) is 0 Å².